The van der Waals surface area contributed by atoms with Gasteiger partial charge in [-0.2, -0.15) is 0 Å². The zero-order valence-electron chi connectivity index (χ0n) is 10.2. The summed E-state index contributed by atoms with van der Waals surface area (Å²) in [5, 5.41) is 15.1. The van der Waals surface area contributed by atoms with Gasteiger partial charge in [0.1, 0.15) is 22.1 Å². The lowest BCUT2D eigenvalue weighted by molar-refractivity contribution is 0.0695. The highest BCUT2D eigenvalue weighted by Crippen LogP contribution is 2.15. The molecule has 0 atom stereocenters. The summed E-state index contributed by atoms with van der Waals surface area (Å²) in [4.78, 5) is 15.2. The van der Waals surface area contributed by atoms with Crippen LogP contribution in [0.1, 0.15) is 32.6 Å². The average Bonchev–Trinajstić information content (AvgIpc) is 2.85. The molecule has 0 unspecified atom stereocenters. The van der Waals surface area contributed by atoms with Crippen LogP contribution in [0.3, 0.4) is 0 Å². The molecule has 2 N–H and O–H groups in total. The second kappa shape index (κ2) is 5.32. The lowest BCUT2D eigenvalue weighted by Crippen LogP contribution is -2.11. The molecule has 2 aromatic heterocycles. The number of furan rings is 1. The summed E-state index contributed by atoms with van der Waals surface area (Å²) < 4.78 is 5.36. The molecule has 0 aliphatic rings. The van der Waals surface area contributed by atoms with E-state index in [1.54, 1.807) is 24.3 Å². The molecule has 0 amide bonds. The van der Waals surface area contributed by atoms with Crippen molar-refractivity contribution in [2.75, 3.05) is 0 Å². The minimum absolute atomic E-state index is 0.219. The van der Waals surface area contributed by atoms with Crippen LogP contribution < -0.4 is 5.32 Å². The van der Waals surface area contributed by atoms with Crippen LogP contribution in [0.25, 0.3) is 0 Å². The standard InChI is InChI=1S/C12H14N2O3S/c1-7-6-18-11(14-7)5-13-4-9-3-10(12(15)16)8(2)17-9/h3,6,13H,4-5H2,1-2H3,(H,15,16). The number of aryl methyl sites for hydroxylation is 2. The van der Waals surface area contributed by atoms with Gasteiger partial charge in [0.15, 0.2) is 0 Å². The Morgan fingerprint density at radius 2 is 2.28 bits per heavy atom. The van der Waals surface area contributed by atoms with Crippen molar-refractivity contribution in [2.45, 2.75) is 26.9 Å². The van der Waals surface area contributed by atoms with E-state index >= 15 is 0 Å². The normalized spacial score (nSPS) is 10.8. The number of rotatable bonds is 5. The Morgan fingerprint density at radius 3 is 2.83 bits per heavy atom. The van der Waals surface area contributed by atoms with Gasteiger partial charge in [0.2, 0.25) is 0 Å². The van der Waals surface area contributed by atoms with Gasteiger partial charge in [-0.3, -0.25) is 0 Å². The van der Waals surface area contributed by atoms with Crippen molar-refractivity contribution < 1.29 is 14.3 Å². The van der Waals surface area contributed by atoms with Gasteiger partial charge in [-0.25, -0.2) is 9.78 Å². The van der Waals surface area contributed by atoms with Crippen LogP contribution in [-0.4, -0.2) is 16.1 Å². The highest BCUT2D eigenvalue weighted by Gasteiger charge is 2.13. The van der Waals surface area contributed by atoms with Crippen LogP contribution in [0.4, 0.5) is 0 Å². The molecule has 0 aliphatic carbocycles. The lowest BCUT2D eigenvalue weighted by Gasteiger charge is -1.98. The Morgan fingerprint density at radius 1 is 1.50 bits per heavy atom. The van der Waals surface area contributed by atoms with Gasteiger partial charge >= 0.3 is 5.97 Å². The number of aromatic nitrogens is 1. The summed E-state index contributed by atoms with van der Waals surface area (Å²) in [6, 6.07) is 1.55. The number of nitrogens with zero attached hydrogens (tertiary/aromatic N) is 1. The maximum absolute atomic E-state index is 10.8. The highest BCUT2D eigenvalue weighted by molar-refractivity contribution is 7.09. The second-order valence-corrected chi connectivity index (χ2v) is 4.92. The van der Waals surface area contributed by atoms with Gasteiger partial charge in [-0.05, 0) is 19.9 Å². The van der Waals surface area contributed by atoms with Crippen molar-refractivity contribution in [3.05, 3.63) is 39.2 Å². The Kier molecular flexibility index (Phi) is 3.78. The Bertz CT molecular complexity index is 559. The third-order valence-electron chi connectivity index (χ3n) is 2.44. The number of nitrogens with one attached hydrogen (secondary N) is 1. The largest absolute Gasteiger partial charge is 0.478 e. The molecule has 0 bridgehead atoms. The number of aromatic carboxylic acids is 1. The van der Waals surface area contributed by atoms with Gasteiger partial charge in [0.05, 0.1) is 6.54 Å². The Balaban J connectivity index is 1.90. The van der Waals surface area contributed by atoms with Crippen molar-refractivity contribution >= 4 is 17.3 Å². The molecule has 6 heteroatoms. The molecule has 5 nitrogen and oxygen atoms in total. The lowest BCUT2D eigenvalue weighted by atomic mass is 10.2. The maximum atomic E-state index is 10.8. The Labute approximate surface area is 108 Å². The molecule has 18 heavy (non-hydrogen) atoms. The number of hydrogen-bond acceptors (Lipinski definition) is 5. The number of hydrogen-bond donors (Lipinski definition) is 2. The second-order valence-electron chi connectivity index (χ2n) is 3.97. The van der Waals surface area contributed by atoms with Gasteiger partial charge in [0.25, 0.3) is 0 Å². The first kappa shape index (κ1) is 12.8. The van der Waals surface area contributed by atoms with Crippen LogP contribution in [0, 0.1) is 13.8 Å². The van der Waals surface area contributed by atoms with E-state index in [1.807, 2.05) is 12.3 Å². The molecular formula is C12H14N2O3S. The van der Waals surface area contributed by atoms with Gasteiger partial charge < -0.3 is 14.8 Å². The molecular weight excluding hydrogens is 252 g/mol. The van der Waals surface area contributed by atoms with E-state index in [1.165, 1.54) is 0 Å². The quantitative estimate of drug-likeness (QED) is 0.868. The van der Waals surface area contributed by atoms with E-state index in [9.17, 15) is 4.79 Å². The van der Waals surface area contributed by atoms with Gasteiger partial charge in [0, 0.05) is 17.6 Å². The molecule has 0 aromatic carbocycles. The smallest absolute Gasteiger partial charge is 0.339 e. The van der Waals surface area contributed by atoms with Crippen molar-refractivity contribution in [2.24, 2.45) is 0 Å². The first-order valence-electron chi connectivity index (χ1n) is 5.50. The molecule has 96 valence electrons. The molecule has 0 spiro atoms. The van der Waals surface area contributed by atoms with Crippen LogP contribution in [-0.2, 0) is 13.1 Å². The van der Waals surface area contributed by atoms with Crippen molar-refractivity contribution in [3.63, 3.8) is 0 Å². The van der Waals surface area contributed by atoms with Gasteiger partial charge in [-0.15, -0.1) is 11.3 Å². The number of carbonyl (C=O) groups is 1. The van der Waals surface area contributed by atoms with Crippen LogP contribution in [0.15, 0.2) is 15.9 Å². The molecule has 0 saturated heterocycles. The fourth-order valence-electron chi connectivity index (χ4n) is 1.62. The van der Waals surface area contributed by atoms with E-state index < -0.39 is 5.97 Å². The van der Waals surface area contributed by atoms with Crippen LogP contribution in [0.5, 0.6) is 0 Å². The summed E-state index contributed by atoms with van der Waals surface area (Å²) in [6.07, 6.45) is 0. The maximum Gasteiger partial charge on any atom is 0.339 e. The van der Waals surface area contributed by atoms with E-state index in [-0.39, 0.29) is 5.56 Å². The van der Waals surface area contributed by atoms with Crippen LogP contribution in [0.2, 0.25) is 0 Å². The van der Waals surface area contributed by atoms with Crippen molar-refractivity contribution in [1.29, 1.82) is 0 Å². The summed E-state index contributed by atoms with van der Waals surface area (Å²) in [7, 11) is 0. The third kappa shape index (κ3) is 2.96. The molecule has 2 heterocycles. The summed E-state index contributed by atoms with van der Waals surface area (Å²) in [6.45, 7) is 4.75. The van der Waals surface area contributed by atoms with Gasteiger partial charge in [-0.1, -0.05) is 0 Å². The highest BCUT2D eigenvalue weighted by atomic mass is 32.1. The van der Waals surface area contributed by atoms with Crippen molar-refractivity contribution in [1.82, 2.24) is 10.3 Å². The molecule has 0 radical (unpaired) electrons. The van der Waals surface area contributed by atoms with E-state index in [2.05, 4.69) is 10.3 Å². The first-order valence-corrected chi connectivity index (χ1v) is 6.38. The minimum atomic E-state index is -0.960. The topological polar surface area (TPSA) is 75.4 Å². The Hall–Kier alpha value is -1.66. The summed E-state index contributed by atoms with van der Waals surface area (Å²) in [5.74, 6) is 0.0978. The fraction of sp³-hybridized carbons (Fsp3) is 0.333. The van der Waals surface area contributed by atoms with E-state index in [0.29, 0.717) is 24.6 Å². The molecule has 0 saturated carbocycles. The zero-order valence-corrected chi connectivity index (χ0v) is 11.0. The number of carboxylic acids is 1. The first-order chi connectivity index (χ1) is 8.56. The number of thiazole rings is 1. The van der Waals surface area contributed by atoms with Crippen molar-refractivity contribution in [3.8, 4) is 0 Å². The summed E-state index contributed by atoms with van der Waals surface area (Å²) in [5.41, 5.74) is 1.23. The molecule has 2 rings (SSSR count). The summed E-state index contributed by atoms with van der Waals surface area (Å²) >= 11 is 1.60. The zero-order chi connectivity index (χ0) is 13.1. The van der Waals surface area contributed by atoms with Crippen LogP contribution >= 0.6 is 11.3 Å². The monoisotopic (exact) mass is 266 g/mol. The molecule has 0 aliphatic heterocycles. The minimum Gasteiger partial charge on any atom is -0.478 e. The number of carboxylic acid groups (broad SMARTS) is 1. The molecule has 2 aromatic rings. The SMILES string of the molecule is Cc1csc(CNCc2cc(C(=O)O)c(C)o2)n1. The average molecular weight is 266 g/mol. The predicted octanol–water partition coefficient (Wildman–Crippen LogP) is 2.34. The predicted molar refractivity (Wildman–Crippen MR) is 67.8 cm³/mol. The fourth-order valence-corrected chi connectivity index (χ4v) is 2.36. The third-order valence-corrected chi connectivity index (χ3v) is 3.41. The molecule has 0 fully saturated rings. The van der Waals surface area contributed by atoms with E-state index in [4.69, 9.17) is 9.52 Å². The van der Waals surface area contributed by atoms with E-state index in [0.717, 1.165) is 10.7 Å².